The third-order valence-electron chi connectivity index (χ3n) is 3.55. The number of rotatable bonds is 4. The number of hydrogen-bond donors (Lipinski definition) is 1. The molecule has 0 radical (unpaired) electrons. The third-order valence-corrected chi connectivity index (χ3v) is 3.55. The molecule has 0 spiro atoms. The second kappa shape index (κ2) is 4.78. The Bertz CT molecular complexity index is 367. The predicted octanol–water partition coefficient (Wildman–Crippen LogP) is 1.89. The van der Waals surface area contributed by atoms with Crippen LogP contribution in [-0.4, -0.2) is 22.3 Å². The zero-order chi connectivity index (χ0) is 12.5. The summed E-state index contributed by atoms with van der Waals surface area (Å²) >= 11 is 0. The zero-order valence-electron chi connectivity index (χ0n) is 11.0. The van der Waals surface area contributed by atoms with Crippen molar-refractivity contribution in [2.24, 2.45) is 11.7 Å². The van der Waals surface area contributed by atoms with Crippen LogP contribution >= 0.6 is 0 Å². The standard InChI is InChI=1S/C13H23N3O/c1-4-11-10(5-6-17-11)8-16-9-15-7-12(16)13(2,3)14/h7,9-11H,4-6,8,14H2,1-3H3. The van der Waals surface area contributed by atoms with Gasteiger partial charge in [0.05, 0.1) is 23.7 Å². The highest BCUT2D eigenvalue weighted by Gasteiger charge is 2.28. The van der Waals surface area contributed by atoms with Crippen molar-refractivity contribution in [2.75, 3.05) is 6.61 Å². The molecule has 1 aromatic heterocycles. The highest BCUT2D eigenvalue weighted by atomic mass is 16.5. The van der Waals surface area contributed by atoms with Crippen LogP contribution in [0.5, 0.6) is 0 Å². The topological polar surface area (TPSA) is 53.1 Å². The van der Waals surface area contributed by atoms with Crippen molar-refractivity contribution in [3.05, 3.63) is 18.2 Å². The van der Waals surface area contributed by atoms with Gasteiger partial charge in [-0.15, -0.1) is 0 Å². The summed E-state index contributed by atoms with van der Waals surface area (Å²) in [5.41, 5.74) is 6.91. The molecule has 2 unspecified atom stereocenters. The molecule has 0 aromatic carbocycles. The van der Waals surface area contributed by atoms with E-state index in [0.717, 1.165) is 31.7 Å². The second-order valence-corrected chi connectivity index (χ2v) is 5.52. The molecule has 1 aromatic rings. The number of nitrogens with zero attached hydrogens (tertiary/aromatic N) is 2. The van der Waals surface area contributed by atoms with Crippen molar-refractivity contribution in [2.45, 2.75) is 51.8 Å². The molecule has 1 saturated heterocycles. The number of nitrogens with two attached hydrogens (primary N) is 1. The van der Waals surface area contributed by atoms with E-state index in [-0.39, 0.29) is 5.54 Å². The maximum atomic E-state index is 6.15. The van der Waals surface area contributed by atoms with Gasteiger partial charge in [0.15, 0.2) is 0 Å². The average Bonchev–Trinajstić information content (AvgIpc) is 2.85. The minimum atomic E-state index is -0.336. The summed E-state index contributed by atoms with van der Waals surface area (Å²) in [5, 5.41) is 0. The van der Waals surface area contributed by atoms with Crippen LogP contribution in [0.15, 0.2) is 12.5 Å². The molecule has 0 amide bonds. The molecule has 0 aliphatic carbocycles. The maximum Gasteiger partial charge on any atom is 0.0948 e. The van der Waals surface area contributed by atoms with E-state index in [0.29, 0.717) is 12.0 Å². The predicted molar refractivity (Wildman–Crippen MR) is 67.6 cm³/mol. The van der Waals surface area contributed by atoms with Gasteiger partial charge < -0.3 is 15.0 Å². The molecule has 1 fully saturated rings. The van der Waals surface area contributed by atoms with E-state index >= 15 is 0 Å². The SMILES string of the molecule is CCC1OCCC1Cn1cncc1C(C)(C)N. The minimum absolute atomic E-state index is 0.336. The lowest BCUT2D eigenvalue weighted by Gasteiger charge is -2.24. The fourth-order valence-corrected chi connectivity index (χ4v) is 2.61. The Morgan fingerprint density at radius 3 is 3.00 bits per heavy atom. The monoisotopic (exact) mass is 237 g/mol. The molecular formula is C13H23N3O. The van der Waals surface area contributed by atoms with Crippen molar-refractivity contribution < 1.29 is 4.74 Å². The Morgan fingerprint density at radius 1 is 1.59 bits per heavy atom. The van der Waals surface area contributed by atoms with E-state index in [1.807, 2.05) is 26.4 Å². The molecule has 0 bridgehead atoms. The molecule has 2 N–H and O–H groups in total. The first kappa shape index (κ1) is 12.6. The van der Waals surface area contributed by atoms with Crippen LogP contribution in [-0.2, 0) is 16.8 Å². The van der Waals surface area contributed by atoms with Gasteiger partial charge in [-0.25, -0.2) is 4.98 Å². The molecule has 2 rings (SSSR count). The summed E-state index contributed by atoms with van der Waals surface area (Å²) < 4.78 is 7.91. The summed E-state index contributed by atoms with van der Waals surface area (Å²) in [6.45, 7) is 8.07. The van der Waals surface area contributed by atoms with E-state index < -0.39 is 0 Å². The van der Waals surface area contributed by atoms with E-state index in [2.05, 4.69) is 16.5 Å². The molecular weight excluding hydrogens is 214 g/mol. The Hall–Kier alpha value is -0.870. The van der Waals surface area contributed by atoms with Crippen LogP contribution in [0.4, 0.5) is 0 Å². The first-order chi connectivity index (χ1) is 8.02. The Kier molecular flexibility index (Phi) is 3.54. The average molecular weight is 237 g/mol. The molecule has 0 saturated carbocycles. The van der Waals surface area contributed by atoms with Gasteiger partial charge in [0.1, 0.15) is 0 Å². The Morgan fingerprint density at radius 2 is 2.35 bits per heavy atom. The van der Waals surface area contributed by atoms with Gasteiger partial charge >= 0.3 is 0 Å². The van der Waals surface area contributed by atoms with Gasteiger partial charge in [-0.3, -0.25) is 0 Å². The fourth-order valence-electron chi connectivity index (χ4n) is 2.61. The van der Waals surface area contributed by atoms with Crippen molar-refractivity contribution in [1.29, 1.82) is 0 Å². The highest BCUT2D eigenvalue weighted by Crippen LogP contribution is 2.26. The number of ether oxygens (including phenoxy) is 1. The molecule has 2 atom stereocenters. The first-order valence-corrected chi connectivity index (χ1v) is 6.43. The summed E-state index contributed by atoms with van der Waals surface area (Å²) in [5.74, 6) is 0.593. The lowest BCUT2D eigenvalue weighted by Crippen LogP contribution is -2.33. The largest absolute Gasteiger partial charge is 0.378 e. The van der Waals surface area contributed by atoms with E-state index in [4.69, 9.17) is 10.5 Å². The molecule has 4 heteroatoms. The Labute approximate surface area is 103 Å². The molecule has 2 heterocycles. The van der Waals surface area contributed by atoms with Gasteiger partial charge in [0.2, 0.25) is 0 Å². The minimum Gasteiger partial charge on any atom is -0.378 e. The van der Waals surface area contributed by atoms with Gasteiger partial charge in [-0.1, -0.05) is 6.92 Å². The van der Waals surface area contributed by atoms with Crippen molar-refractivity contribution in [3.63, 3.8) is 0 Å². The van der Waals surface area contributed by atoms with Crippen molar-refractivity contribution in [1.82, 2.24) is 9.55 Å². The van der Waals surface area contributed by atoms with Crippen LogP contribution in [0, 0.1) is 5.92 Å². The molecule has 1 aliphatic heterocycles. The van der Waals surface area contributed by atoms with Gasteiger partial charge in [-0.2, -0.15) is 0 Å². The summed E-state index contributed by atoms with van der Waals surface area (Å²) in [6, 6.07) is 0. The van der Waals surface area contributed by atoms with Crippen LogP contribution in [0.25, 0.3) is 0 Å². The molecule has 1 aliphatic rings. The van der Waals surface area contributed by atoms with Crippen LogP contribution < -0.4 is 5.73 Å². The first-order valence-electron chi connectivity index (χ1n) is 6.43. The van der Waals surface area contributed by atoms with Crippen LogP contribution in [0.1, 0.15) is 39.3 Å². The van der Waals surface area contributed by atoms with Crippen molar-refractivity contribution >= 4 is 0 Å². The van der Waals surface area contributed by atoms with Gasteiger partial charge in [-0.05, 0) is 26.7 Å². The lowest BCUT2D eigenvalue weighted by atomic mass is 9.98. The maximum absolute atomic E-state index is 6.15. The zero-order valence-corrected chi connectivity index (χ0v) is 11.0. The van der Waals surface area contributed by atoms with Gasteiger partial charge in [0.25, 0.3) is 0 Å². The van der Waals surface area contributed by atoms with E-state index in [1.165, 1.54) is 0 Å². The quantitative estimate of drug-likeness (QED) is 0.870. The van der Waals surface area contributed by atoms with Crippen LogP contribution in [0.2, 0.25) is 0 Å². The second-order valence-electron chi connectivity index (χ2n) is 5.52. The van der Waals surface area contributed by atoms with Gasteiger partial charge in [0, 0.05) is 25.3 Å². The lowest BCUT2D eigenvalue weighted by molar-refractivity contribution is 0.0831. The third kappa shape index (κ3) is 2.69. The fraction of sp³-hybridized carbons (Fsp3) is 0.769. The summed E-state index contributed by atoms with van der Waals surface area (Å²) in [6.07, 6.45) is 6.37. The molecule has 4 nitrogen and oxygen atoms in total. The molecule has 17 heavy (non-hydrogen) atoms. The van der Waals surface area contributed by atoms with E-state index in [9.17, 15) is 0 Å². The molecule has 96 valence electrons. The number of hydrogen-bond acceptors (Lipinski definition) is 3. The highest BCUT2D eigenvalue weighted by molar-refractivity contribution is 5.10. The van der Waals surface area contributed by atoms with E-state index in [1.54, 1.807) is 0 Å². The summed E-state index contributed by atoms with van der Waals surface area (Å²) in [4.78, 5) is 4.22. The van der Waals surface area contributed by atoms with Crippen LogP contribution in [0.3, 0.4) is 0 Å². The number of imidazole rings is 1. The summed E-state index contributed by atoms with van der Waals surface area (Å²) in [7, 11) is 0. The number of aromatic nitrogens is 2. The van der Waals surface area contributed by atoms with Crippen molar-refractivity contribution in [3.8, 4) is 0 Å². The normalized spacial score (nSPS) is 25.4. The Balaban J connectivity index is 2.11. The smallest absolute Gasteiger partial charge is 0.0948 e.